The Bertz CT molecular complexity index is 1390. The molecule has 2 N–H and O–H groups in total. The third-order valence-corrected chi connectivity index (χ3v) is 6.51. The molecular weight excluding hydrogens is 452 g/mol. The van der Waals surface area contributed by atoms with Crippen molar-refractivity contribution in [2.75, 3.05) is 5.73 Å². The Morgan fingerprint density at radius 2 is 1.84 bits per heavy atom. The molecule has 0 spiro atoms. The molecule has 0 amide bonds. The molecule has 4 aromatic heterocycles. The van der Waals surface area contributed by atoms with Crippen molar-refractivity contribution >= 4 is 38.6 Å². The molecule has 0 atom stereocenters. The van der Waals surface area contributed by atoms with E-state index in [2.05, 4.69) is 20.5 Å². The van der Waals surface area contributed by atoms with Gasteiger partial charge in [0.2, 0.25) is 0 Å². The number of nitrogen functional groups attached to an aromatic ring is 1. The molecule has 5 rings (SSSR count). The summed E-state index contributed by atoms with van der Waals surface area (Å²) in [5.74, 6) is -0.308. The Morgan fingerprint density at radius 3 is 2.52 bits per heavy atom. The van der Waals surface area contributed by atoms with Crippen LogP contribution in [-0.4, -0.2) is 25.2 Å². The third-order valence-electron chi connectivity index (χ3n) is 4.52. The zero-order chi connectivity index (χ0) is 21.8. The fourth-order valence-electron chi connectivity index (χ4n) is 3.15. The molecule has 0 fully saturated rings. The zero-order valence-electron chi connectivity index (χ0n) is 15.3. The maximum atomic E-state index is 13.9. The largest absolute Gasteiger partial charge is 0.417 e. The first-order valence-electron chi connectivity index (χ1n) is 8.71. The van der Waals surface area contributed by atoms with Crippen molar-refractivity contribution in [2.24, 2.45) is 0 Å². The molecule has 1 aromatic carbocycles. The van der Waals surface area contributed by atoms with Crippen LogP contribution in [0.3, 0.4) is 0 Å². The number of fused-ring (bicyclic) bond motifs is 1. The summed E-state index contributed by atoms with van der Waals surface area (Å²) in [6.07, 6.45) is -4.64. The molecule has 4 heterocycles. The lowest BCUT2D eigenvalue weighted by molar-refractivity contribution is -0.136. The van der Waals surface area contributed by atoms with E-state index >= 15 is 0 Å². The molecule has 0 saturated heterocycles. The van der Waals surface area contributed by atoms with Crippen LogP contribution in [0.15, 0.2) is 47.8 Å². The van der Waals surface area contributed by atoms with Gasteiger partial charge in [-0.3, -0.25) is 0 Å². The Morgan fingerprint density at radius 1 is 1.06 bits per heavy atom. The Hall–Kier alpha value is -3.38. The number of thiophene rings is 2. The molecule has 0 saturated carbocycles. The van der Waals surface area contributed by atoms with E-state index in [0.29, 0.717) is 10.6 Å². The van der Waals surface area contributed by atoms with Crippen LogP contribution in [0.4, 0.5) is 23.2 Å². The van der Waals surface area contributed by atoms with Crippen LogP contribution >= 0.6 is 22.7 Å². The predicted octanol–water partition coefficient (Wildman–Crippen LogP) is 5.41. The summed E-state index contributed by atoms with van der Waals surface area (Å²) in [5.41, 5.74) is 5.82. The van der Waals surface area contributed by atoms with Gasteiger partial charge in [-0.15, -0.1) is 27.8 Å². The van der Waals surface area contributed by atoms with Crippen molar-refractivity contribution in [1.29, 1.82) is 0 Å². The van der Waals surface area contributed by atoms with E-state index in [1.807, 2.05) is 0 Å². The van der Waals surface area contributed by atoms with E-state index in [4.69, 9.17) is 5.73 Å². The number of anilines is 1. The average Bonchev–Trinajstić information content (AvgIpc) is 3.47. The van der Waals surface area contributed by atoms with Gasteiger partial charge in [-0.2, -0.15) is 17.9 Å². The number of pyridine rings is 1. The summed E-state index contributed by atoms with van der Waals surface area (Å²) in [5, 5.41) is 13.0. The van der Waals surface area contributed by atoms with Gasteiger partial charge in [-0.25, -0.2) is 9.37 Å². The second-order valence-corrected chi connectivity index (χ2v) is 8.39. The molecule has 0 aliphatic carbocycles. The quantitative estimate of drug-likeness (QED) is 0.363. The molecule has 5 aromatic rings. The molecule has 0 bridgehead atoms. The Balaban J connectivity index is 1.75. The minimum absolute atomic E-state index is 0.115. The second-order valence-electron chi connectivity index (χ2n) is 6.45. The van der Waals surface area contributed by atoms with Crippen LogP contribution in [0.25, 0.3) is 37.2 Å². The first-order chi connectivity index (χ1) is 14.8. The van der Waals surface area contributed by atoms with E-state index < -0.39 is 17.6 Å². The number of hydrogen-bond donors (Lipinski definition) is 1. The maximum Gasteiger partial charge on any atom is 0.417 e. The van der Waals surface area contributed by atoms with Gasteiger partial charge in [0.05, 0.1) is 32.4 Å². The van der Waals surface area contributed by atoms with E-state index in [1.54, 1.807) is 17.5 Å². The number of halogens is 4. The van der Waals surface area contributed by atoms with Gasteiger partial charge in [0.25, 0.3) is 0 Å². The Kier molecular flexibility index (Phi) is 4.48. The number of benzene rings is 1. The Labute approximate surface area is 179 Å². The number of hydrogen-bond acceptors (Lipinski definition) is 7. The van der Waals surface area contributed by atoms with Crippen LogP contribution in [0.5, 0.6) is 0 Å². The van der Waals surface area contributed by atoms with Crippen LogP contribution in [0, 0.1) is 5.82 Å². The standard InChI is InChI=1S/C19H10F4N6S2/c20-9-3-5-10(6-4-9)29-17(26-27-28-29)16-15(24)14-11(19(21,22)23)8-12(25-18(14)31-16)13-2-1-7-30-13/h1-8H,24H2. The second kappa shape index (κ2) is 7.10. The van der Waals surface area contributed by atoms with E-state index in [1.165, 1.54) is 40.3 Å². The van der Waals surface area contributed by atoms with Gasteiger partial charge in [-0.1, -0.05) is 6.07 Å². The topological polar surface area (TPSA) is 82.5 Å². The highest BCUT2D eigenvalue weighted by Gasteiger charge is 2.36. The molecule has 0 aliphatic heterocycles. The summed E-state index contributed by atoms with van der Waals surface area (Å²) >= 11 is 2.26. The molecule has 6 nitrogen and oxygen atoms in total. The molecular formula is C19H10F4N6S2. The molecule has 31 heavy (non-hydrogen) atoms. The van der Waals surface area contributed by atoms with Crippen LogP contribution in [0.2, 0.25) is 0 Å². The summed E-state index contributed by atoms with van der Waals surface area (Å²) in [4.78, 5) is 5.39. The number of rotatable bonds is 3. The molecule has 0 aliphatic rings. The number of nitrogens with zero attached hydrogens (tertiary/aromatic N) is 5. The highest BCUT2D eigenvalue weighted by atomic mass is 32.1. The average molecular weight is 462 g/mol. The zero-order valence-corrected chi connectivity index (χ0v) is 16.9. The summed E-state index contributed by atoms with van der Waals surface area (Å²) in [7, 11) is 0. The normalized spacial score (nSPS) is 12.0. The van der Waals surface area contributed by atoms with E-state index in [9.17, 15) is 17.6 Å². The van der Waals surface area contributed by atoms with Crippen molar-refractivity contribution in [3.05, 3.63) is 59.2 Å². The molecule has 156 valence electrons. The van der Waals surface area contributed by atoms with Gasteiger partial charge in [0.1, 0.15) is 10.6 Å². The van der Waals surface area contributed by atoms with Crippen LogP contribution in [-0.2, 0) is 6.18 Å². The number of tetrazole rings is 1. The third kappa shape index (κ3) is 3.33. The van der Waals surface area contributed by atoms with Crippen LogP contribution < -0.4 is 5.73 Å². The highest BCUT2D eigenvalue weighted by molar-refractivity contribution is 7.22. The van der Waals surface area contributed by atoms with Crippen molar-refractivity contribution in [2.45, 2.75) is 6.18 Å². The maximum absolute atomic E-state index is 13.9. The lowest BCUT2D eigenvalue weighted by Crippen LogP contribution is -2.07. The minimum Gasteiger partial charge on any atom is -0.397 e. The van der Waals surface area contributed by atoms with Gasteiger partial charge in [0.15, 0.2) is 5.82 Å². The van der Waals surface area contributed by atoms with E-state index in [0.717, 1.165) is 17.4 Å². The fourth-order valence-corrected chi connectivity index (χ4v) is 4.92. The number of aromatic nitrogens is 5. The first kappa shape index (κ1) is 19.6. The summed E-state index contributed by atoms with van der Waals surface area (Å²) in [6.45, 7) is 0. The smallest absolute Gasteiger partial charge is 0.397 e. The van der Waals surface area contributed by atoms with Crippen LogP contribution in [0.1, 0.15) is 5.56 Å². The lowest BCUT2D eigenvalue weighted by atomic mass is 10.1. The fraction of sp³-hybridized carbons (Fsp3) is 0.0526. The monoisotopic (exact) mass is 462 g/mol. The summed E-state index contributed by atoms with van der Waals surface area (Å²) in [6, 6.07) is 9.80. The van der Waals surface area contributed by atoms with Gasteiger partial charge >= 0.3 is 6.18 Å². The lowest BCUT2D eigenvalue weighted by Gasteiger charge is -2.10. The predicted molar refractivity (Wildman–Crippen MR) is 110 cm³/mol. The van der Waals surface area contributed by atoms with Gasteiger partial charge in [0, 0.05) is 5.39 Å². The highest BCUT2D eigenvalue weighted by Crippen LogP contribution is 2.46. The van der Waals surface area contributed by atoms with Gasteiger partial charge < -0.3 is 5.73 Å². The summed E-state index contributed by atoms with van der Waals surface area (Å²) < 4.78 is 56.2. The molecule has 0 unspecified atom stereocenters. The van der Waals surface area contributed by atoms with Crippen molar-refractivity contribution in [1.82, 2.24) is 25.2 Å². The number of alkyl halides is 3. The first-order valence-corrected chi connectivity index (χ1v) is 10.4. The van der Waals surface area contributed by atoms with E-state index in [-0.39, 0.29) is 32.3 Å². The van der Waals surface area contributed by atoms with Crippen molar-refractivity contribution in [3.8, 4) is 27.0 Å². The molecule has 0 radical (unpaired) electrons. The number of nitrogens with two attached hydrogens (primary N) is 1. The van der Waals surface area contributed by atoms with Crippen molar-refractivity contribution < 1.29 is 17.6 Å². The molecule has 12 heteroatoms. The van der Waals surface area contributed by atoms with Crippen molar-refractivity contribution in [3.63, 3.8) is 0 Å². The SMILES string of the molecule is Nc1c(-c2nnnn2-c2ccc(F)cc2)sc2nc(-c3cccs3)cc(C(F)(F)F)c12. The van der Waals surface area contributed by atoms with Gasteiger partial charge in [-0.05, 0) is 52.2 Å². The minimum atomic E-state index is -4.64.